The minimum Gasteiger partial charge on any atom is -0.309 e. The summed E-state index contributed by atoms with van der Waals surface area (Å²) in [5.74, 6) is 2.11. The van der Waals surface area contributed by atoms with Gasteiger partial charge in [-0.05, 0) is 31.2 Å². The SMILES string of the molecule is CC(NCC(C(C)C)C(C)C)c1cnccn1. The van der Waals surface area contributed by atoms with Crippen molar-refractivity contribution < 1.29 is 0 Å². The van der Waals surface area contributed by atoms with Crippen LogP contribution in [0.3, 0.4) is 0 Å². The number of rotatable bonds is 6. The molecule has 0 aromatic carbocycles. The minimum absolute atomic E-state index is 0.267. The number of hydrogen-bond acceptors (Lipinski definition) is 3. The maximum Gasteiger partial charge on any atom is 0.0753 e. The van der Waals surface area contributed by atoms with E-state index in [-0.39, 0.29) is 6.04 Å². The fraction of sp³-hybridized carbons (Fsp3) is 0.714. The Labute approximate surface area is 105 Å². The zero-order valence-electron chi connectivity index (χ0n) is 11.6. The minimum atomic E-state index is 0.267. The molecule has 0 spiro atoms. The summed E-state index contributed by atoms with van der Waals surface area (Å²) in [5.41, 5.74) is 1.01. The number of nitrogens with one attached hydrogen (secondary N) is 1. The van der Waals surface area contributed by atoms with E-state index < -0.39 is 0 Å². The first-order chi connectivity index (χ1) is 8.02. The first kappa shape index (κ1) is 14.1. The molecule has 0 bridgehead atoms. The van der Waals surface area contributed by atoms with Crippen molar-refractivity contribution in [2.24, 2.45) is 17.8 Å². The van der Waals surface area contributed by atoms with E-state index >= 15 is 0 Å². The highest BCUT2D eigenvalue weighted by molar-refractivity contribution is 5.00. The van der Waals surface area contributed by atoms with Crippen molar-refractivity contribution in [1.82, 2.24) is 15.3 Å². The van der Waals surface area contributed by atoms with Crippen LogP contribution in [0.5, 0.6) is 0 Å². The first-order valence-electron chi connectivity index (χ1n) is 6.51. The molecule has 0 amide bonds. The number of hydrogen-bond donors (Lipinski definition) is 1. The average molecular weight is 235 g/mol. The third kappa shape index (κ3) is 4.43. The summed E-state index contributed by atoms with van der Waals surface area (Å²) in [6.07, 6.45) is 5.29. The van der Waals surface area contributed by atoms with E-state index in [2.05, 4.69) is 49.9 Å². The fourth-order valence-corrected chi connectivity index (χ4v) is 2.19. The Kier molecular flexibility index (Phi) is 5.56. The van der Waals surface area contributed by atoms with Crippen molar-refractivity contribution in [3.05, 3.63) is 24.3 Å². The third-order valence-corrected chi connectivity index (χ3v) is 3.40. The Morgan fingerprint density at radius 3 is 2.18 bits per heavy atom. The molecule has 1 rings (SSSR count). The zero-order valence-corrected chi connectivity index (χ0v) is 11.6. The Morgan fingerprint density at radius 2 is 1.71 bits per heavy atom. The molecular formula is C14H25N3. The standard InChI is InChI=1S/C14H25N3/c1-10(2)13(11(3)4)8-17-12(5)14-9-15-6-7-16-14/h6-7,9-13,17H,8H2,1-5H3. The summed E-state index contributed by atoms with van der Waals surface area (Å²) in [6.45, 7) is 12.3. The summed E-state index contributed by atoms with van der Waals surface area (Å²) in [7, 11) is 0. The van der Waals surface area contributed by atoms with Crippen molar-refractivity contribution >= 4 is 0 Å². The van der Waals surface area contributed by atoms with Gasteiger partial charge < -0.3 is 5.32 Å². The van der Waals surface area contributed by atoms with Crippen molar-refractivity contribution in [2.45, 2.75) is 40.7 Å². The summed E-state index contributed by atoms with van der Waals surface area (Å²) < 4.78 is 0. The van der Waals surface area contributed by atoms with Gasteiger partial charge in [-0.3, -0.25) is 9.97 Å². The van der Waals surface area contributed by atoms with Gasteiger partial charge in [0.25, 0.3) is 0 Å². The predicted molar refractivity (Wildman–Crippen MR) is 71.6 cm³/mol. The van der Waals surface area contributed by atoms with E-state index in [4.69, 9.17) is 0 Å². The fourth-order valence-electron chi connectivity index (χ4n) is 2.19. The number of nitrogens with zero attached hydrogens (tertiary/aromatic N) is 2. The lowest BCUT2D eigenvalue weighted by atomic mass is 9.85. The van der Waals surface area contributed by atoms with Crippen LogP contribution >= 0.6 is 0 Å². The Hall–Kier alpha value is -0.960. The summed E-state index contributed by atoms with van der Waals surface area (Å²) in [5, 5.41) is 3.56. The molecule has 1 heterocycles. The van der Waals surface area contributed by atoms with Crippen LogP contribution in [0, 0.1) is 17.8 Å². The summed E-state index contributed by atoms with van der Waals surface area (Å²) >= 11 is 0. The highest BCUT2D eigenvalue weighted by Gasteiger charge is 2.18. The number of aromatic nitrogens is 2. The van der Waals surface area contributed by atoms with Crippen LogP contribution in [-0.2, 0) is 0 Å². The molecule has 3 heteroatoms. The predicted octanol–water partition coefficient (Wildman–Crippen LogP) is 3.06. The van der Waals surface area contributed by atoms with Gasteiger partial charge in [-0.2, -0.15) is 0 Å². The highest BCUT2D eigenvalue weighted by Crippen LogP contribution is 2.20. The Balaban J connectivity index is 2.50. The van der Waals surface area contributed by atoms with Crippen molar-refractivity contribution in [2.75, 3.05) is 6.54 Å². The molecular weight excluding hydrogens is 210 g/mol. The molecule has 1 unspecified atom stereocenters. The smallest absolute Gasteiger partial charge is 0.0753 e. The molecule has 0 saturated heterocycles. The van der Waals surface area contributed by atoms with E-state index in [1.807, 2.05) is 6.20 Å². The van der Waals surface area contributed by atoms with Gasteiger partial charge >= 0.3 is 0 Å². The molecule has 1 aromatic heterocycles. The largest absolute Gasteiger partial charge is 0.309 e. The molecule has 0 aliphatic rings. The topological polar surface area (TPSA) is 37.8 Å². The monoisotopic (exact) mass is 235 g/mol. The molecule has 3 nitrogen and oxygen atoms in total. The van der Waals surface area contributed by atoms with Gasteiger partial charge in [0.05, 0.1) is 5.69 Å². The molecule has 0 aliphatic heterocycles. The second kappa shape index (κ2) is 6.70. The molecule has 17 heavy (non-hydrogen) atoms. The molecule has 1 aromatic rings. The van der Waals surface area contributed by atoms with E-state index in [1.54, 1.807) is 12.4 Å². The van der Waals surface area contributed by atoms with Crippen LogP contribution in [0.2, 0.25) is 0 Å². The van der Waals surface area contributed by atoms with Gasteiger partial charge in [-0.1, -0.05) is 27.7 Å². The van der Waals surface area contributed by atoms with Crippen molar-refractivity contribution in [1.29, 1.82) is 0 Å². The van der Waals surface area contributed by atoms with E-state index in [0.717, 1.165) is 12.2 Å². The third-order valence-electron chi connectivity index (χ3n) is 3.40. The summed E-state index contributed by atoms with van der Waals surface area (Å²) in [6, 6.07) is 0.267. The molecule has 0 saturated carbocycles. The van der Waals surface area contributed by atoms with Crippen LogP contribution < -0.4 is 5.32 Å². The zero-order chi connectivity index (χ0) is 12.8. The van der Waals surface area contributed by atoms with Gasteiger partial charge in [0.15, 0.2) is 0 Å². The lowest BCUT2D eigenvalue weighted by Crippen LogP contribution is -2.31. The van der Waals surface area contributed by atoms with Crippen LogP contribution in [0.4, 0.5) is 0 Å². The molecule has 1 atom stereocenters. The van der Waals surface area contributed by atoms with Crippen LogP contribution in [0.25, 0.3) is 0 Å². The average Bonchev–Trinajstić information content (AvgIpc) is 2.29. The van der Waals surface area contributed by atoms with Gasteiger partial charge in [-0.15, -0.1) is 0 Å². The van der Waals surface area contributed by atoms with E-state index in [1.165, 1.54) is 0 Å². The van der Waals surface area contributed by atoms with E-state index in [0.29, 0.717) is 17.8 Å². The molecule has 0 aliphatic carbocycles. The van der Waals surface area contributed by atoms with Crippen molar-refractivity contribution in [3.63, 3.8) is 0 Å². The van der Waals surface area contributed by atoms with Crippen LogP contribution in [0.1, 0.15) is 46.4 Å². The Morgan fingerprint density at radius 1 is 1.06 bits per heavy atom. The van der Waals surface area contributed by atoms with Crippen LogP contribution in [0.15, 0.2) is 18.6 Å². The molecule has 1 N–H and O–H groups in total. The maximum absolute atomic E-state index is 4.32. The first-order valence-corrected chi connectivity index (χ1v) is 6.51. The van der Waals surface area contributed by atoms with Gasteiger partial charge in [-0.25, -0.2) is 0 Å². The van der Waals surface area contributed by atoms with Crippen LogP contribution in [-0.4, -0.2) is 16.5 Å². The van der Waals surface area contributed by atoms with Crippen molar-refractivity contribution in [3.8, 4) is 0 Å². The maximum atomic E-state index is 4.32. The lowest BCUT2D eigenvalue weighted by Gasteiger charge is -2.26. The second-order valence-electron chi connectivity index (χ2n) is 5.41. The molecule has 0 radical (unpaired) electrons. The lowest BCUT2D eigenvalue weighted by molar-refractivity contribution is 0.267. The quantitative estimate of drug-likeness (QED) is 0.823. The highest BCUT2D eigenvalue weighted by atomic mass is 14.9. The Bertz CT molecular complexity index is 301. The van der Waals surface area contributed by atoms with Gasteiger partial charge in [0.1, 0.15) is 0 Å². The van der Waals surface area contributed by atoms with E-state index in [9.17, 15) is 0 Å². The normalized spacial score (nSPS) is 13.6. The van der Waals surface area contributed by atoms with Gasteiger partial charge in [0, 0.05) is 24.6 Å². The molecule has 0 fully saturated rings. The van der Waals surface area contributed by atoms with Gasteiger partial charge in [0.2, 0.25) is 0 Å². The second-order valence-corrected chi connectivity index (χ2v) is 5.41. The molecule has 96 valence electrons. The summed E-state index contributed by atoms with van der Waals surface area (Å²) in [4.78, 5) is 8.42.